The van der Waals surface area contributed by atoms with Crippen LogP contribution in [0, 0.1) is 6.92 Å². The van der Waals surface area contributed by atoms with Crippen molar-refractivity contribution in [3.63, 3.8) is 0 Å². The van der Waals surface area contributed by atoms with Gasteiger partial charge in [-0.15, -0.1) is 12.4 Å². The van der Waals surface area contributed by atoms with Crippen molar-refractivity contribution < 1.29 is 4.79 Å². The van der Waals surface area contributed by atoms with Crippen LogP contribution in [0.4, 0.5) is 0 Å². The average Bonchev–Trinajstić information content (AvgIpc) is 2.78. The molecule has 1 heterocycles. The topological polar surface area (TPSA) is 46.3 Å². The van der Waals surface area contributed by atoms with E-state index >= 15 is 0 Å². The molecule has 1 unspecified atom stereocenters. The van der Waals surface area contributed by atoms with Crippen molar-refractivity contribution in [3.8, 4) is 0 Å². The number of benzene rings is 1. The van der Waals surface area contributed by atoms with Crippen molar-refractivity contribution in [1.82, 2.24) is 4.90 Å². The third-order valence-corrected chi connectivity index (χ3v) is 3.36. The predicted octanol–water partition coefficient (Wildman–Crippen LogP) is 2.43. The summed E-state index contributed by atoms with van der Waals surface area (Å²) in [5.74, 6) is 0.191. The van der Waals surface area contributed by atoms with Gasteiger partial charge in [-0.3, -0.25) is 4.79 Å². The summed E-state index contributed by atoms with van der Waals surface area (Å²) in [4.78, 5) is 13.9. The number of hydrogen-bond acceptors (Lipinski definition) is 2. The van der Waals surface area contributed by atoms with E-state index in [1.54, 1.807) is 0 Å². The molecule has 0 aromatic heterocycles. The van der Waals surface area contributed by atoms with Gasteiger partial charge in [-0.1, -0.05) is 29.8 Å². The quantitative estimate of drug-likeness (QED) is 0.915. The highest BCUT2D eigenvalue weighted by Gasteiger charge is 2.29. The molecule has 3 nitrogen and oxygen atoms in total. The number of halogens is 1. The van der Waals surface area contributed by atoms with Crippen LogP contribution < -0.4 is 5.73 Å². The molecular weight excluding hydrogens is 248 g/mol. The molecule has 1 aromatic carbocycles. The van der Waals surface area contributed by atoms with Crippen molar-refractivity contribution in [2.45, 2.75) is 32.2 Å². The molecular formula is C14H21ClN2O. The number of carbonyl (C=O) groups excluding carboxylic acids is 1. The Balaban J connectivity index is 0.00000162. The molecule has 1 aliphatic heterocycles. The minimum atomic E-state index is 0. The molecule has 0 aliphatic carbocycles. The number of likely N-dealkylation sites (tertiary alicyclic amines) is 1. The van der Waals surface area contributed by atoms with Gasteiger partial charge in [0.2, 0.25) is 5.91 Å². The minimum Gasteiger partial charge on any atom is -0.336 e. The first-order valence-corrected chi connectivity index (χ1v) is 6.28. The van der Waals surface area contributed by atoms with Crippen LogP contribution in [0.3, 0.4) is 0 Å². The highest BCUT2D eigenvalue weighted by Crippen LogP contribution is 2.32. The number of nitrogens with two attached hydrogens (primary N) is 1. The normalized spacial score (nSPS) is 18.6. The van der Waals surface area contributed by atoms with Crippen molar-refractivity contribution in [3.05, 3.63) is 35.4 Å². The van der Waals surface area contributed by atoms with E-state index < -0.39 is 0 Å². The zero-order valence-electron chi connectivity index (χ0n) is 10.8. The molecule has 0 bridgehead atoms. The Morgan fingerprint density at radius 1 is 1.50 bits per heavy atom. The third-order valence-electron chi connectivity index (χ3n) is 3.36. The molecule has 4 heteroatoms. The van der Waals surface area contributed by atoms with Crippen LogP contribution in [0.25, 0.3) is 0 Å². The lowest BCUT2D eigenvalue weighted by Gasteiger charge is -2.25. The second-order valence-corrected chi connectivity index (χ2v) is 4.70. The second-order valence-electron chi connectivity index (χ2n) is 4.70. The summed E-state index contributed by atoms with van der Waals surface area (Å²) < 4.78 is 0. The van der Waals surface area contributed by atoms with Gasteiger partial charge in [0.1, 0.15) is 0 Å². The van der Waals surface area contributed by atoms with Gasteiger partial charge in [0.05, 0.1) is 6.04 Å². The van der Waals surface area contributed by atoms with Crippen LogP contribution in [-0.2, 0) is 4.79 Å². The number of aryl methyl sites for hydroxylation is 1. The number of carbonyl (C=O) groups is 1. The van der Waals surface area contributed by atoms with Gasteiger partial charge in [0, 0.05) is 19.5 Å². The summed E-state index contributed by atoms with van der Waals surface area (Å²) in [6.07, 6.45) is 2.62. The Bertz CT molecular complexity index is 409. The summed E-state index contributed by atoms with van der Waals surface area (Å²) in [5.41, 5.74) is 7.97. The zero-order chi connectivity index (χ0) is 12.3. The lowest BCUT2D eigenvalue weighted by Crippen LogP contribution is -2.31. The molecule has 0 spiro atoms. The summed E-state index contributed by atoms with van der Waals surface area (Å²) >= 11 is 0. The standard InChI is InChI=1S/C14H20N2O.ClH/c1-11-4-2-5-12(10-11)13-6-3-9-16(13)14(17)7-8-15;/h2,4-5,10,13H,3,6-9,15H2,1H3;1H. The first-order valence-electron chi connectivity index (χ1n) is 6.28. The summed E-state index contributed by atoms with van der Waals surface area (Å²) in [7, 11) is 0. The van der Waals surface area contributed by atoms with E-state index in [0.29, 0.717) is 13.0 Å². The molecule has 18 heavy (non-hydrogen) atoms. The Morgan fingerprint density at radius 3 is 2.94 bits per heavy atom. The molecule has 0 radical (unpaired) electrons. The SMILES string of the molecule is Cc1cccc(C2CCCN2C(=O)CCN)c1.Cl. The van der Waals surface area contributed by atoms with Gasteiger partial charge in [-0.05, 0) is 25.3 Å². The molecule has 1 aromatic rings. The van der Waals surface area contributed by atoms with Gasteiger partial charge in [0.25, 0.3) is 0 Å². The maximum Gasteiger partial charge on any atom is 0.224 e. The number of amides is 1. The number of nitrogens with zero attached hydrogens (tertiary/aromatic N) is 1. The molecule has 1 atom stereocenters. The van der Waals surface area contributed by atoms with Crippen LogP contribution in [0.15, 0.2) is 24.3 Å². The maximum absolute atomic E-state index is 12.0. The largest absolute Gasteiger partial charge is 0.336 e. The van der Waals surface area contributed by atoms with Crippen LogP contribution in [0.2, 0.25) is 0 Å². The lowest BCUT2D eigenvalue weighted by molar-refractivity contribution is -0.131. The lowest BCUT2D eigenvalue weighted by atomic mass is 10.0. The Kier molecular flexibility index (Phi) is 5.63. The van der Waals surface area contributed by atoms with Crippen LogP contribution in [-0.4, -0.2) is 23.9 Å². The first-order chi connectivity index (χ1) is 8.22. The fourth-order valence-corrected chi connectivity index (χ4v) is 2.56. The van der Waals surface area contributed by atoms with Crippen molar-refractivity contribution >= 4 is 18.3 Å². The van der Waals surface area contributed by atoms with Gasteiger partial charge in [0.15, 0.2) is 0 Å². The van der Waals surface area contributed by atoms with E-state index in [4.69, 9.17) is 5.73 Å². The zero-order valence-corrected chi connectivity index (χ0v) is 11.6. The van der Waals surface area contributed by atoms with E-state index in [2.05, 4.69) is 31.2 Å². The van der Waals surface area contributed by atoms with E-state index in [9.17, 15) is 4.79 Å². The van der Waals surface area contributed by atoms with Gasteiger partial charge < -0.3 is 10.6 Å². The maximum atomic E-state index is 12.0. The third kappa shape index (κ3) is 3.24. The van der Waals surface area contributed by atoms with Crippen LogP contribution in [0.5, 0.6) is 0 Å². The first kappa shape index (κ1) is 15.0. The van der Waals surface area contributed by atoms with E-state index in [0.717, 1.165) is 19.4 Å². The van der Waals surface area contributed by atoms with Gasteiger partial charge in [-0.2, -0.15) is 0 Å². The summed E-state index contributed by atoms with van der Waals surface area (Å²) in [6, 6.07) is 8.71. The minimum absolute atomic E-state index is 0. The van der Waals surface area contributed by atoms with E-state index in [1.165, 1.54) is 11.1 Å². The second kappa shape index (κ2) is 6.76. The van der Waals surface area contributed by atoms with E-state index in [1.807, 2.05) is 4.90 Å². The van der Waals surface area contributed by atoms with Crippen LogP contribution in [0.1, 0.15) is 36.4 Å². The summed E-state index contributed by atoms with van der Waals surface area (Å²) in [6.45, 7) is 3.40. The van der Waals surface area contributed by atoms with Gasteiger partial charge in [-0.25, -0.2) is 0 Å². The van der Waals surface area contributed by atoms with Crippen LogP contribution >= 0.6 is 12.4 Å². The highest BCUT2D eigenvalue weighted by molar-refractivity contribution is 5.85. The van der Waals surface area contributed by atoms with Gasteiger partial charge >= 0.3 is 0 Å². The van der Waals surface area contributed by atoms with Crippen molar-refractivity contribution in [2.75, 3.05) is 13.1 Å². The fourth-order valence-electron chi connectivity index (χ4n) is 2.56. The Morgan fingerprint density at radius 2 is 2.28 bits per heavy atom. The molecule has 1 amide bonds. The van der Waals surface area contributed by atoms with Crippen molar-refractivity contribution in [1.29, 1.82) is 0 Å². The monoisotopic (exact) mass is 268 g/mol. The predicted molar refractivity (Wildman–Crippen MR) is 75.8 cm³/mol. The summed E-state index contributed by atoms with van der Waals surface area (Å²) in [5, 5.41) is 0. The number of hydrogen-bond donors (Lipinski definition) is 1. The molecule has 1 fully saturated rings. The average molecular weight is 269 g/mol. The smallest absolute Gasteiger partial charge is 0.224 e. The molecule has 100 valence electrons. The Labute approximate surface area is 115 Å². The Hall–Kier alpha value is -1.06. The fraction of sp³-hybridized carbons (Fsp3) is 0.500. The molecule has 0 saturated carbocycles. The highest BCUT2D eigenvalue weighted by atomic mass is 35.5. The molecule has 1 aliphatic rings. The van der Waals surface area contributed by atoms with Crippen molar-refractivity contribution in [2.24, 2.45) is 5.73 Å². The number of rotatable bonds is 3. The molecule has 2 N–H and O–H groups in total. The molecule has 2 rings (SSSR count). The molecule has 1 saturated heterocycles. The van der Waals surface area contributed by atoms with E-state index in [-0.39, 0.29) is 24.4 Å².